The fourth-order valence-electron chi connectivity index (χ4n) is 4.46. The number of nitrogens with zero attached hydrogens (tertiary/aromatic N) is 5. The van der Waals surface area contributed by atoms with E-state index in [1.165, 1.54) is 9.13 Å². The SMILES string of the molecule is Cc1cccc(Cn2c(=O)c3c(nc4n3C[C@@H](C)CN4c3ccccc3)n(C)c2=O)c1. The second-order valence-corrected chi connectivity index (χ2v) is 8.47. The van der Waals surface area contributed by atoms with Gasteiger partial charge in [-0.25, -0.2) is 4.79 Å². The van der Waals surface area contributed by atoms with Crippen LogP contribution in [0.1, 0.15) is 18.1 Å². The summed E-state index contributed by atoms with van der Waals surface area (Å²) >= 11 is 0. The normalized spacial score (nSPS) is 16.0. The molecule has 3 heterocycles. The Morgan fingerprint density at radius 1 is 1.03 bits per heavy atom. The Morgan fingerprint density at radius 3 is 2.55 bits per heavy atom. The molecule has 0 amide bonds. The van der Waals surface area contributed by atoms with Crippen molar-refractivity contribution < 1.29 is 0 Å². The van der Waals surface area contributed by atoms with Gasteiger partial charge in [-0.3, -0.25) is 13.9 Å². The highest BCUT2D eigenvalue weighted by Crippen LogP contribution is 2.32. The van der Waals surface area contributed by atoms with Gasteiger partial charge >= 0.3 is 5.69 Å². The van der Waals surface area contributed by atoms with Crippen LogP contribution >= 0.6 is 0 Å². The molecule has 5 rings (SSSR count). The van der Waals surface area contributed by atoms with Crippen LogP contribution in [0.3, 0.4) is 0 Å². The summed E-state index contributed by atoms with van der Waals surface area (Å²) in [6.07, 6.45) is 0. The molecule has 7 nitrogen and oxygen atoms in total. The number of rotatable bonds is 3. The highest BCUT2D eigenvalue weighted by Gasteiger charge is 2.29. The molecule has 2 aromatic carbocycles. The van der Waals surface area contributed by atoms with Gasteiger partial charge in [-0.15, -0.1) is 0 Å². The van der Waals surface area contributed by atoms with E-state index in [0.29, 0.717) is 29.6 Å². The Labute approximate surface area is 179 Å². The first-order chi connectivity index (χ1) is 14.9. The molecule has 0 bridgehead atoms. The third kappa shape index (κ3) is 3.17. The highest BCUT2D eigenvalue weighted by molar-refractivity contribution is 5.77. The maximum atomic E-state index is 13.5. The van der Waals surface area contributed by atoms with Crippen molar-refractivity contribution in [2.45, 2.75) is 26.9 Å². The van der Waals surface area contributed by atoms with Gasteiger partial charge in [0.2, 0.25) is 5.95 Å². The molecule has 0 aliphatic carbocycles. The molecule has 0 radical (unpaired) electrons. The maximum Gasteiger partial charge on any atom is 0.332 e. The highest BCUT2D eigenvalue weighted by atomic mass is 16.2. The smallest absolute Gasteiger partial charge is 0.312 e. The predicted octanol–water partition coefficient (Wildman–Crippen LogP) is 3.04. The van der Waals surface area contributed by atoms with Crippen molar-refractivity contribution in [1.29, 1.82) is 0 Å². The van der Waals surface area contributed by atoms with Crippen LogP contribution in [0.4, 0.5) is 11.6 Å². The number of hydrogen-bond donors (Lipinski definition) is 0. The number of anilines is 2. The molecule has 0 N–H and O–H groups in total. The van der Waals surface area contributed by atoms with E-state index < -0.39 is 0 Å². The summed E-state index contributed by atoms with van der Waals surface area (Å²) in [4.78, 5) is 33.5. The fourth-order valence-corrected chi connectivity index (χ4v) is 4.46. The van der Waals surface area contributed by atoms with E-state index in [-0.39, 0.29) is 17.8 Å². The summed E-state index contributed by atoms with van der Waals surface area (Å²) in [6, 6.07) is 17.9. The molecule has 31 heavy (non-hydrogen) atoms. The summed E-state index contributed by atoms with van der Waals surface area (Å²) < 4.78 is 4.79. The second-order valence-electron chi connectivity index (χ2n) is 8.47. The molecule has 2 aromatic heterocycles. The number of aromatic nitrogens is 4. The van der Waals surface area contributed by atoms with Crippen LogP contribution in [0.15, 0.2) is 64.2 Å². The number of fused-ring (bicyclic) bond motifs is 3. The summed E-state index contributed by atoms with van der Waals surface area (Å²) in [5.41, 5.74) is 3.32. The lowest BCUT2D eigenvalue weighted by Gasteiger charge is -2.32. The lowest BCUT2D eigenvalue weighted by atomic mass is 10.1. The molecule has 1 aliphatic rings. The van der Waals surface area contributed by atoms with E-state index >= 15 is 0 Å². The van der Waals surface area contributed by atoms with Gasteiger partial charge in [0.05, 0.1) is 6.54 Å². The first kappa shape index (κ1) is 19.4. The molecule has 7 heteroatoms. The van der Waals surface area contributed by atoms with Crippen molar-refractivity contribution in [3.8, 4) is 0 Å². The van der Waals surface area contributed by atoms with Crippen LogP contribution in [-0.4, -0.2) is 25.2 Å². The van der Waals surface area contributed by atoms with E-state index in [9.17, 15) is 9.59 Å². The van der Waals surface area contributed by atoms with Crippen LogP contribution in [0.5, 0.6) is 0 Å². The number of para-hydroxylation sites is 1. The molecule has 0 spiro atoms. The average molecular weight is 415 g/mol. The van der Waals surface area contributed by atoms with Crippen LogP contribution < -0.4 is 16.1 Å². The Kier molecular flexibility index (Phi) is 4.54. The van der Waals surface area contributed by atoms with Crippen LogP contribution in [0.25, 0.3) is 11.2 Å². The Morgan fingerprint density at radius 2 is 1.81 bits per heavy atom. The first-order valence-electron chi connectivity index (χ1n) is 10.5. The van der Waals surface area contributed by atoms with Gasteiger partial charge in [-0.05, 0) is 30.5 Å². The van der Waals surface area contributed by atoms with Crippen molar-refractivity contribution in [1.82, 2.24) is 18.7 Å². The van der Waals surface area contributed by atoms with E-state index in [0.717, 1.165) is 23.4 Å². The zero-order valence-electron chi connectivity index (χ0n) is 17.9. The van der Waals surface area contributed by atoms with Gasteiger partial charge in [0.25, 0.3) is 5.56 Å². The van der Waals surface area contributed by atoms with Crippen molar-refractivity contribution in [2.24, 2.45) is 13.0 Å². The average Bonchev–Trinajstić information content (AvgIpc) is 3.15. The molecule has 4 aromatic rings. The lowest BCUT2D eigenvalue weighted by Crippen LogP contribution is -2.40. The van der Waals surface area contributed by atoms with Gasteiger partial charge in [0, 0.05) is 25.8 Å². The molecule has 1 atom stereocenters. The molecular weight excluding hydrogens is 390 g/mol. The van der Waals surface area contributed by atoms with Gasteiger partial charge in [0.15, 0.2) is 11.2 Å². The third-order valence-electron chi connectivity index (χ3n) is 5.93. The zero-order chi connectivity index (χ0) is 21.7. The Bertz CT molecular complexity index is 1400. The topological polar surface area (TPSA) is 65.1 Å². The monoisotopic (exact) mass is 415 g/mol. The Hall–Kier alpha value is -3.61. The molecule has 158 valence electrons. The molecule has 1 aliphatic heterocycles. The van der Waals surface area contributed by atoms with Crippen LogP contribution in [0, 0.1) is 12.8 Å². The summed E-state index contributed by atoms with van der Waals surface area (Å²) in [5.74, 6) is 1.03. The standard InChI is InChI=1S/C24H25N5O2/c1-16-8-7-9-18(12-16)15-29-22(30)20-21(26(3)24(29)31)25-23-27(13-17(2)14-28(20)23)19-10-5-4-6-11-19/h4-12,17H,13-15H2,1-3H3/t17-/m0/s1. The van der Waals surface area contributed by atoms with Gasteiger partial charge < -0.3 is 9.47 Å². The number of hydrogen-bond acceptors (Lipinski definition) is 4. The first-order valence-corrected chi connectivity index (χ1v) is 10.5. The van der Waals surface area contributed by atoms with Crippen molar-refractivity contribution in [2.75, 3.05) is 11.4 Å². The minimum atomic E-state index is -0.353. The molecule has 0 unspecified atom stereocenters. The van der Waals surface area contributed by atoms with Crippen molar-refractivity contribution in [3.63, 3.8) is 0 Å². The van der Waals surface area contributed by atoms with Gasteiger partial charge in [-0.1, -0.05) is 55.0 Å². The van der Waals surface area contributed by atoms with Crippen molar-refractivity contribution in [3.05, 3.63) is 86.6 Å². The maximum absolute atomic E-state index is 13.5. The predicted molar refractivity (Wildman–Crippen MR) is 122 cm³/mol. The minimum absolute atomic E-state index is 0.238. The third-order valence-corrected chi connectivity index (χ3v) is 5.93. The molecule has 0 saturated carbocycles. The minimum Gasteiger partial charge on any atom is -0.312 e. The number of benzene rings is 2. The lowest BCUT2D eigenvalue weighted by molar-refractivity contribution is 0.458. The number of imidazole rings is 1. The molecular formula is C24H25N5O2. The zero-order valence-corrected chi connectivity index (χ0v) is 17.9. The number of aryl methyl sites for hydroxylation is 2. The van der Waals surface area contributed by atoms with E-state index in [4.69, 9.17) is 4.98 Å². The summed E-state index contributed by atoms with van der Waals surface area (Å²) in [6.45, 7) is 5.89. The summed E-state index contributed by atoms with van der Waals surface area (Å²) in [5, 5.41) is 0. The Balaban J connectivity index is 1.73. The van der Waals surface area contributed by atoms with Gasteiger partial charge in [-0.2, -0.15) is 4.98 Å². The van der Waals surface area contributed by atoms with Crippen LogP contribution in [0.2, 0.25) is 0 Å². The van der Waals surface area contributed by atoms with E-state index in [2.05, 4.69) is 11.8 Å². The fraction of sp³-hybridized carbons (Fsp3) is 0.292. The van der Waals surface area contributed by atoms with Gasteiger partial charge in [0.1, 0.15) is 0 Å². The van der Waals surface area contributed by atoms with Crippen molar-refractivity contribution >= 4 is 22.8 Å². The van der Waals surface area contributed by atoms with E-state index in [1.807, 2.05) is 66.1 Å². The molecule has 0 fully saturated rings. The van der Waals surface area contributed by atoms with Crippen LogP contribution in [-0.2, 0) is 20.1 Å². The quantitative estimate of drug-likeness (QED) is 0.516. The van der Waals surface area contributed by atoms with E-state index in [1.54, 1.807) is 7.05 Å². The molecule has 0 saturated heterocycles. The second kappa shape index (κ2) is 7.27. The largest absolute Gasteiger partial charge is 0.332 e. The summed E-state index contributed by atoms with van der Waals surface area (Å²) in [7, 11) is 1.69.